The van der Waals surface area contributed by atoms with E-state index < -0.39 is 5.97 Å². The molecule has 0 spiro atoms. The Morgan fingerprint density at radius 3 is 2.68 bits per heavy atom. The van der Waals surface area contributed by atoms with Gasteiger partial charge in [0.25, 0.3) is 5.91 Å². The van der Waals surface area contributed by atoms with Gasteiger partial charge in [0.2, 0.25) is 6.79 Å². The van der Waals surface area contributed by atoms with Crippen LogP contribution in [0.4, 0.5) is 5.69 Å². The number of rotatable bonds is 8. The van der Waals surface area contributed by atoms with Crippen molar-refractivity contribution >= 4 is 34.6 Å². The molecular formula is C28H23N3O6. The highest BCUT2D eigenvalue weighted by molar-refractivity contribution is 5.95. The van der Waals surface area contributed by atoms with Crippen LogP contribution in [0, 0.1) is 0 Å². The Bertz CT molecular complexity index is 1500. The summed E-state index contributed by atoms with van der Waals surface area (Å²) in [7, 11) is 1.47. The largest absolute Gasteiger partial charge is 0.493 e. The third-order valence-electron chi connectivity index (χ3n) is 5.63. The molecule has 0 saturated carbocycles. The first-order valence-electron chi connectivity index (χ1n) is 11.4. The van der Waals surface area contributed by atoms with E-state index in [4.69, 9.17) is 18.9 Å². The van der Waals surface area contributed by atoms with Gasteiger partial charge in [0.1, 0.15) is 0 Å². The number of nitrogens with zero attached hydrogens (tertiary/aromatic N) is 1. The van der Waals surface area contributed by atoms with Gasteiger partial charge in [-0.05, 0) is 53.4 Å². The number of hydrogen-bond donors (Lipinski definition) is 2. The number of esters is 1. The van der Waals surface area contributed by atoms with E-state index in [1.807, 2.05) is 42.5 Å². The number of carbonyl (C=O) groups is 2. The molecule has 1 amide bonds. The average molecular weight is 498 g/mol. The number of amides is 1. The van der Waals surface area contributed by atoms with Crippen LogP contribution in [0.3, 0.4) is 0 Å². The summed E-state index contributed by atoms with van der Waals surface area (Å²) < 4.78 is 21.4. The predicted molar refractivity (Wildman–Crippen MR) is 139 cm³/mol. The van der Waals surface area contributed by atoms with Gasteiger partial charge in [0, 0.05) is 11.1 Å². The van der Waals surface area contributed by atoms with Crippen LogP contribution in [-0.2, 0) is 4.79 Å². The summed E-state index contributed by atoms with van der Waals surface area (Å²) in [6.07, 6.45) is 1.47. The molecule has 0 saturated heterocycles. The van der Waals surface area contributed by atoms with Crippen molar-refractivity contribution in [1.29, 1.82) is 0 Å². The third-order valence-corrected chi connectivity index (χ3v) is 5.63. The van der Waals surface area contributed by atoms with Gasteiger partial charge < -0.3 is 24.3 Å². The first kappa shape index (κ1) is 23.7. The zero-order chi connectivity index (χ0) is 25.6. The van der Waals surface area contributed by atoms with Gasteiger partial charge in [0.15, 0.2) is 23.0 Å². The van der Waals surface area contributed by atoms with E-state index >= 15 is 0 Å². The van der Waals surface area contributed by atoms with E-state index in [0.717, 1.165) is 16.5 Å². The highest BCUT2D eigenvalue weighted by Gasteiger charge is 2.18. The van der Waals surface area contributed by atoms with Crippen LogP contribution in [-0.4, -0.2) is 38.5 Å². The summed E-state index contributed by atoms with van der Waals surface area (Å²) >= 11 is 0. The van der Waals surface area contributed by atoms with Crippen LogP contribution in [0.25, 0.3) is 10.8 Å². The van der Waals surface area contributed by atoms with Crippen molar-refractivity contribution < 1.29 is 28.5 Å². The maximum atomic E-state index is 12.6. The SMILES string of the molecule is COc1cc(/C=N/NC(=O)CNc2cccc3ccccc23)ccc1OC(=O)c1ccc2c(c1)OCO2. The number of nitrogens with one attached hydrogen (secondary N) is 2. The van der Waals surface area contributed by atoms with Gasteiger partial charge in [-0.15, -0.1) is 0 Å². The van der Waals surface area contributed by atoms with E-state index in [2.05, 4.69) is 15.8 Å². The summed E-state index contributed by atoms with van der Waals surface area (Å²) in [6.45, 7) is 0.176. The lowest BCUT2D eigenvalue weighted by molar-refractivity contribution is -0.119. The normalized spacial score (nSPS) is 11.9. The maximum absolute atomic E-state index is 12.6. The maximum Gasteiger partial charge on any atom is 0.343 e. The highest BCUT2D eigenvalue weighted by Crippen LogP contribution is 2.34. The van der Waals surface area contributed by atoms with Crippen molar-refractivity contribution in [2.24, 2.45) is 5.10 Å². The summed E-state index contributed by atoms with van der Waals surface area (Å²) in [5, 5.41) is 9.27. The molecule has 0 unspecified atom stereocenters. The number of fused-ring (bicyclic) bond motifs is 2. The van der Waals surface area contributed by atoms with Crippen LogP contribution in [0.15, 0.2) is 84.0 Å². The zero-order valence-corrected chi connectivity index (χ0v) is 19.9. The van der Waals surface area contributed by atoms with Gasteiger partial charge in [-0.3, -0.25) is 4.79 Å². The molecule has 0 radical (unpaired) electrons. The van der Waals surface area contributed by atoms with E-state index in [9.17, 15) is 9.59 Å². The van der Waals surface area contributed by atoms with Crippen LogP contribution < -0.4 is 29.7 Å². The molecule has 2 N–H and O–H groups in total. The Morgan fingerprint density at radius 2 is 1.78 bits per heavy atom. The Kier molecular flexibility index (Phi) is 6.84. The Balaban J connectivity index is 1.17. The Labute approximate surface area is 212 Å². The molecule has 0 aliphatic carbocycles. The summed E-state index contributed by atoms with van der Waals surface area (Å²) in [5.74, 6) is 0.776. The van der Waals surface area contributed by atoms with Crippen LogP contribution in [0.2, 0.25) is 0 Å². The highest BCUT2D eigenvalue weighted by atomic mass is 16.7. The molecule has 37 heavy (non-hydrogen) atoms. The Morgan fingerprint density at radius 1 is 0.946 bits per heavy atom. The van der Waals surface area contributed by atoms with Crippen molar-refractivity contribution in [2.75, 3.05) is 25.8 Å². The molecule has 186 valence electrons. The molecule has 5 rings (SSSR count). The molecule has 0 aromatic heterocycles. The molecular weight excluding hydrogens is 474 g/mol. The van der Waals surface area contributed by atoms with E-state index in [1.54, 1.807) is 36.4 Å². The number of anilines is 1. The lowest BCUT2D eigenvalue weighted by Gasteiger charge is -2.10. The molecule has 4 aromatic rings. The number of carbonyl (C=O) groups excluding carboxylic acids is 2. The summed E-state index contributed by atoms with van der Waals surface area (Å²) in [4.78, 5) is 24.9. The quantitative estimate of drug-likeness (QED) is 0.161. The van der Waals surface area contributed by atoms with Crippen LogP contribution in [0.1, 0.15) is 15.9 Å². The lowest BCUT2D eigenvalue weighted by atomic mass is 10.1. The second-order valence-electron chi connectivity index (χ2n) is 8.04. The van der Waals surface area contributed by atoms with Gasteiger partial charge in [-0.2, -0.15) is 5.10 Å². The smallest absolute Gasteiger partial charge is 0.343 e. The minimum absolute atomic E-state index is 0.0589. The third kappa shape index (κ3) is 5.46. The minimum atomic E-state index is -0.566. The van der Waals surface area contributed by atoms with Crippen molar-refractivity contribution in [2.45, 2.75) is 0 Å². The standard InChI is InChI=1S/C28H23N3O6/c1-34-25-13-18(9-11-24(25)37-28(33)20-10-12-23-26(14-20)36-17-35-23)15-30-31-27(32)16-29-22-8-4-6-19-5-2-3-7-21(19)22/h2-15,29H,16-17H2,1H3,(H,31,32)/b30-15+. The Hall–Kier alpha value is -5.05. The monoisotopic (exact) mass is 497 g/mol. The van der Waals surface area contributed by atoms with Crippen molar-refractivity contribution in [3.05, 3.63) is 90.0 Å². The lowest BCUT2D eigenvalue weighted by Crippen LogP contribution is -2.25. The number of hydrogen-bond acceptors (Lipinski definition) is 8. The first-order valence-corrected chi connectivity index (χ1v) is 11.4. The van der Waals surface area contributed by atoms with Gasteiger partial charge in [-0.25, -0.2) is 10.2 Å². The molecule has 0 bridgehead atoms. The molecule has 1 aliphatic rings. The molecule has 1 aliphatic heterocycles. The second-order valence-corrected chi connectivity index (χ2v) is 8.04. The van der Waals surface area contributed by atoms with Crippen molar-refractivity contribution in [3.8, 4) is 23.0 Å². The predicted octanol–water partition coefficient (Wildman–Crippen LogP) is 4.36. The molecule has 0 atom stereocenters. The van der Waals surface area contributed by atoms with Gasteiger partial charge in [-0.1, -0.05) is 36.4 Å². The minimum Gasteiger partial charge on any atom is -0.493 e. The van der Waals surface area contributed by atoms with Crippen LogP contribution in [0.5, 0.6) is 23.0 Å². The molecule has 9 nitrogen and oxygen atoms in total. The topological polar surface area (TPSA) is 107 Å². The number of methoxy groups -OCH3 is 1. The molecule has 1 heterocycles. The number of ether oxygens (including phenoxy) is 4. The summed E-state index contributed by atoms with van der Waals surface area (Å²) in [5.41, 5.74) is 4.32. The van der Waals surface area contributed by atoms with Crippen LogP contribution >= 0.6 is 0 Å². The fourth-order valence-electron chi connectivity index (χ4n) is 3.80. The molecule has 9 heteroatoms. The molecule has 4 aromatic carbocycles. The number of hydrazone groups is 1. The van der Waals surface area contributed by atoms with Gasteiger partial charge in [0.05, 0.1) is 25.4 Å². The van der Waals surface area contributed by atoms with Crippen molar-refractivity contribution in [3.63, 3.8) is 0 Å². The first-order chi connectivity index (χ1) is 18.1. The summed E-state index contributed by atoms with van der Waals surface area (Å²) in [6, 6.07) is 23.6. The molecule has 0 fully saturated rings. The van der Waals surface area contributed by atoms with E-state index in [-0.39, 0.29) is 25.0 Å². The van der Waals surface area contributed by atoms with E-state index in [1.165, 1.54) is 13.3 Å². The second kappa shape index (κ2) is 10.7. The number of benzene rings is 4. The fraction of sp³-hybridized carbons (Fsp3) is 0.107. The van der Waals surface area contributed by atoms with Gasteiger partial charge >= 0.3 is 5.97 Å². The zero-order valence-electron chi connectivity index (χ0n) is 19.9. The fourth-order valence-corrected chi connectivity index (χ4v) is 3.80. The van der Waals surface area contributed by atoms with E-state index in [0.29, 0.717) is 28.4 Å². The average Bonchev–Trinajstić information content (AvgIpc) is 3.40. The van der Waals surface area contributed by atoms with Crippen molar-refractivity contribution in [1.82, 2.24) is 5.43 Å².